The molecule has 0 fully saturated rings. The van der Waals surface area contributed by atoms with Gasteiger partial charge in [-0.1, -0.05) is 38.5 Å². The van der Waals surface area contributed by atoms with Gasteiger partial charge in [-0.15, -0.1) is 0 Å². The van der Waals surface area contributed by atoms with E-state index in [0.717, 1.165) is 12.4 Å². The standard InChI is InChI=1S/C14H29NOSSi/c1-4-16-18(2,3)13-11-9-7-5-6-8-10-12-17-14-15/h4-13H2,1-3H3. The largest absolute Gasteiger partial charge is 0.418 e. The van der Waals surface area contributed by atoms with Crippen LogP contribution in [0.25, 0.3) is 0 Å². The van der Waals surface area contributed by atoms with Gasteiger partial charge in [-0.25, -0.2) is 0 Å². The third-order valence-electron chi connectivity index (χ3n) is 3.12. The van der Waals surface area contributed by atoms with Gasteiger partial charge < -0.3 is 4.43 Å². The predicted octanol–water partition coefficient (Wildman–Crippen LogP) is 5.17. The normalized spacial score (nSPS) is 11.4. The quantitative estimate of drug-likeness (QED) is 0.282. The summed E-state index contributed by atoms with van der Waals surface area (Å²) >= 11 is 1.38. The van der Waals surface area contributed by atoms with Crippen LogP contribution < -0.4 is 0 Å². The molecule has 0 saturated heterocycles. The van der Waals surface area contributed by atoms with Gasteiger partial charge in [0.1, 0.15) is 5.40 Å². The van der Waals surface area contributed by atoms with Crippen molar-refractivity contribution in [2.24, 2.45) is 0 Å². The molecule has 0 aliphatic carbocycles. The summed E-state index contributed by atoms with van der Waals surface area (Å²) in [7, 11) is -1.33. The minimum atomic E-state index is -1.33. The molecule has 0 aromatic rings. The fourth-order valence-electron chi connectivity index (χ4n) is 2.12. The van der Waals surface area contributed by atoms with E-state index >= 15 is 0 Å². The van der Waals surface area contributed by atoms with Crippen molar-refractivity contribution in [2.75, 3.05) is 12.4 Å². The smallest absolute Gasteiger partial charge is 0.186 e. The van der Waals surface area contributed by atoms with Crippen LogP contribution in [-0.4, -0.2) is 20.7 Å². The van der Waals surface area contributed by atoms with Crippen LogP contribution in [0.2, 0.25) is 19.1 Å². The third-order valence-corrected chi connectivity index (χ3v) is 6.37. The lowest BCUT2D eigenvalue weighted by atomic mass is 10.1. The number of unbranched alkanes of at least 4 members (excludes halogenated alkanes) is 6. The van der Waals surface area contributed by atoms with E-state index in [-0.39, 0.29) is 0 Å². The summed E-state index contributed by atoms with van der Waals surface area (Å²) in [5, 5.41) is 10.5. The van der Waals surface area contributed by atoms with Crippen LogP contribution in [0.15, 0.2) is 0 Å². The van der Waals surface area contributed by atoms with Crippen molar-refractivity contribution >= 4 is 20.1 Å². The molecule has 4 heteroatoms. The van der Waals surface area contributed by atoms with E-state index in [9.17, 15) is 0 Å². The number of nitrogens with zero attached hydrogens (tertiary/aromatic N) is 1. The molecule has 0 aromatic heterocycles. The molecule has 0 heterocycles. The Balaban J connectivity index is 3.19. The number of thioether (sulfide) groups is 1. The van der Waals surface area contributed by atoms with Gasteiger partial charge in [0.15, 0.2) is 8.32 Å². The number of hydrogen-bond acceptors (Lipinski definition) is 3. The minimum Gasteiger partial charge on any atom is -0.418 e. The lowest BCUT2D eigenvalue weighted by molar-refractivity contribution is 0.327. The predicted molar refractivity (Wildman–Crippen MR) is 84.3 cm³/mol. The maximum absolute atomic E-state index is 8.38. The number of thiocyanates is 1. The van der Waals surface area contributed by atoms with Crippen LogP contribution in [0, 0.1) is 10.7 Å². The molecule has 0 aliphatic heterocycles. The molecule has 2 nitrogen and oxygen atoms in total. The fourth-order valence-corrected chi connectivity index (χ4v) is 4.58. The Labute approximate surface area is 119 Å². The van der Waals surface area contributed by atoms with Gasteiger partial charge in [0.05, 0.1) is 0 Å². The van der Waals surface area contributed by atoms with Crippen molar-refractivity contribution in [2.45, 2.75) is 71.0 Å². The van der Waals surface area contributed by atoms with Crippen LogP contribution in [-0.2, 0) is 4.43 Å². The first kappa shape index (κ1) is 18.0. The Hall–Kier alpha value is 0.0169. The molecule has 0 bridgehead atoms. The highest BCUT2D eigenvalue weighted by Gasteiger charge is 2.20. The topological polar surface area (TPSA) is 33.0 Å². The molecule has 0 amide bonds. The summed E-state index contributed by atoms with van der Waals surface area (Å²) in [5.74, 6) is 1.00. The molecule has 0 unspecified atom stereocenters. The van der Waals surface area contributed by atoms with E-state index < -0.39 is 8.32 Å². The van der Waals surface area contributed by atoms with Crippen molar-refractivity contribution in [1.29, 1.82) is 5.26 Å². The lowest BCUT2D eigenvalue weighted by Gasteiger charge is -2.21. The molecule has 0 saturated carbocycles. The average molecular weight is 288 g/mol. The summed E-state index contributed by atoms with van der Waals surface area (Å²) in [4.78, 5) is 0. The van der Waals surface area contributed by atoms with E-state index in [1.807, 2.05) is 0 Å². The SMILES string of the molecule is CCO[Si](C)(C)CCCCCCCCCSC#N. The van der Waals surface area contributed by atoms with Gasteiger partial charge in [0.25, 0.3) is 0 Å². The first-order valence-corrected chi connectivity index (χ1v) is 11.4. The van der Waals surface area contributed by atoms with Crippen LogP contribution in [0.4, 0.5) is 0 Å². The molecular weight excluding hydrogens is 258 g/mol. The van der Waals surface area contributed by atoms with E-state index in [4.69, 9.17) is 9.69 Å². The van der Waals surface area contributed by atoms with Gasteiger partial charge in [0.2, 0.25) is 0 Å². The van der Waals surface area contributed by atoms with Crippen molar-refractivity contribution in [3.8, 4) is 5.40 Å². The average Bonchev–Trinajstić information content (AvgIpc) is 2.31. The lowest BCUT2D eigenvalue weighted by Crippen LogP contribution is -2.29. The third kappa shape index (κ3) is 12.5. The van der Waals surface area contributed by atoms with E-state index in [1.165, 1.54) is 62.8 Å². The molecule has 106 valence electrons. The fraction of sp³-hybridized carbons (Fsp3) is 0.929. The molecular formula is C14H29NOSSi. The Morgan fingerprint density at radius 1 is 1.00 bits per heavy atom. The molecule has 0 aromatic carbocycles. The van der Waals surface area contributed by atoms with E-state index in [1.54, 1.807) is 0 Å². The summed E-state index contributed by atoms with van der Waals surface area (Å²) in [5.41, 5.74) is 0. The van der Waals surface area contributed by atoms with Crippen LogP contribution in [0.3, 0.4) is 0 Å². The second kappa shape index (κ2) is 12.1. The van der Waals surface area contributed by atoms with Gasteiger partial charge in [-0.05, 0) is 44.2 Å². The number of nitriles is 1. The molecule has 0 spiro atoms. The number of hydrogen-bond donors (Lipinski definition) is 0. The second-order valence-corrected chi connectivity index (χ2v) is 10.5. The van der Waals surface area contributed by atoms with Crippen molar-refractivity contribution in [1.82, 2.24) is 0 Å². The summed E-state index contributed by atoms with van der Waals surface area (Å²) in [6.45, 7) is 7.62. The Morgan fingerprint density at radius 2 is 1.56 bits per heavy atom. The summed E-state index contributed by atoms with van der Waals surface area (Å²) in [6.07, 6.45) is 9.23. The molecule has 0 N–H and O–H groups in total. The zero-order chi connectivity index (χ0) is 13.7. The van der Waals surface area contributed by atoms with E-state index in [0.29, 0.717) is 0 Å². The maximum atomic E-state index is 8.38. The highest BCUT2D eigenvalue weighted by atomic mass is 32.2. The molecule has 0 aliphatic rings. The number of rotatable bonds is 12. The Morgan fingerprint density at radius 3 is 2.11 bits per heavy atom. The molecule has 0 radical (unpaired) electrons. The highest BCUT2D eigenvalue weighted by molar-refractivity contribution is 8.03. The van der Waals surface area contributed by atoms with Gasteiger partial charge >= 0.3 is 0 Å². The molecule has 0 rings (SSSR count). The van der Waals surface area contributed by atoms with Crippen molar-refractivity contribution < 1.29 is 4.43 Å². The zero-order valence-electron chi connectivity index (χ0n) is 12.3. The van der Waals surface area contributed by atoms with Gasteiger partial charge in [-0.3, -0.25) is 0 Å². The Bertz CT molecular complexity index is 228. The van der Waals surface area contributed by atoms with Crippen molar-refractivity contribution in [3.05, 3.63) is 0 Å². The first-order valence-electron chi connectivity index (χ1n) is 7.27. The van der Waals surface area contributed by atoms with E-state index in [2.05, 4.69) is 25.4 Å². The summed E-state index contributed by atoms with van der Waals surface area (Å²) < 4.78 is 5.82. The summed E-state index contributed by atoms with van der Waals surface area (Å²) in [6, 6.07) is 1.31. The minimum absolute atomic E-state index is 0.875. The Kier molecular flexibility index (Phi) is 12.1. The zero-order valence-corrected chi connectivity index (χ0v) is 14.2. The van der Waals surface area contributed by atoms with Gasteiger partial charge in [-0.2, -0.15) is 5.26 Å². The van der Waals surface area contributed by atoms with Crippen LogP contribution in [0.5, 0.6) is 0 Å². The first-order chi connectivity index (χ1) is 8.62. The second-order valence-electron chi connectivity index (χ2n) is 5.36. The van der Waals surface area contributed by atoms with Crippen LogP contribution in [0.1, 0.15) is 51.9 Å². The monoisotopic (exact) mass is 287 g/mol. The van der Waals surface area contributed by atoms with Crippen molar-refractivity contribution in [3.63, 3.8) is 0 Å². The highest BCUT2D eigenvalue weighted by Crippen LogP contribution is 2.17. The molecule has 18 heavy (non-hydrogen) atoms. The maximum Gasteiger partial charge on any atom is 0.186 e. The van der Waals surface area contributed by atoms with Gasteiger partial charge in [0, 0.05) is 12.4 Å². The molecule has 0 atom stereocenters. The van der Waals surface area contributed by atoms with Crippen LogP contribution >= 0.6 is 11.8 Å².